The number of aryl methyl sites for hydroxylation is 1. The Balaban J connectivity index is 1.86. The highest BCUT2D eigenvalue weighted by Gasteiger charge is 2.50. The number of carbonyl (C=O) groups is 2. The molecule has 0 radical (unpaired) electrons. The van der Waals surface area contributed by atoms with E-state index in [1.165, 1.54) is 0 Å². The number of amides is 2. The number of nitrogens with zero attached hydrogens (tertiary/aromatic N) is 3. The van der Waals surface area contributed by atoms with Crippen LogP contribution in [-0.4, -0.2) is 38.1 Å². The molecule has 0 bridgehead atoms. The lowest BCUT2D eigenvalue weighted by Crippen LogP contribution is -2.68. The Morgan fingerprint density at radius 3 is 2.70 bits per heavy atom. The lowest BCUT2D eigenvalue weighted by molar-refractivity contribution is -0.154. The van der Waals surface area contributed by atoms with Crippen molar-refractivity contribution in [2.75, 3.05) is 0 Å². The van der Waals surface area contributed by atoms with Crippen molar-refractivity contribution < 1.29 is 9.59 Å². The highest BCUT2D eigenvalue weighted by molar-refractivity contribution is 5.99. The number of carbonyl (C=O) groups excluding carboxylic acids is 2. The van der Waals surface area contributed by atoms with E-state index in [0.29, 0.717) is 6.54 Å². The first-order chi connectivity index (χ1) is 9.52. The van der Waals surface area contributed by atoms with Crippen molar-refractivity contribution in [2.45, 2.75) is 50.7 Å². The van der Waals surface area contributed by atoms with Crippen LogP contribution in [0.2, 0.25) is 0 Å². The Hall–Kier alpha value is -1.85. The highest BCUT2D eigenvalue weighted by Crippen LogP contribution is 2.35. The number of piperazine rings is 1. The average Bonchev–Trinajstić information content (AvgIpc) is 3.03. The quantitative estimate of drug-likeness (QED) is 0.859. The second-order valence-corrected chi connectivity index (χ2v) is 5.91. The fourth-order valence-corrected chi connectivity index (χ4v) is 3.26. The van der Waals surface area contributed by atoms with Crippen LogP contribution in [0.4, 0.5) is 0 Å². The summed E-state index contributed by atoms with van der Waals surface area (Å²) in [5.74, 6) is 0.0151. The predicted octanol–water partition coefficient (Wildman–Crippen LogP) is 0.580. The van der Waals surface area contributed by atoms with Gasteiger partial charge in [-0.15, -0.1) is 0 Å². The van der Waals surface area contributed by atoms with Gasteiger partial charge in [0.25, 0.3) is 0 Å². The van der Waals surface area contributed by atoms with Gasteiger partial charge in [-0.2, -0.15) is 5.10 Å². The molecule has 2 aliphatic rings. The number of nitrogens with one attached hydrogen (secondary N) is 1. The molecule has 1 saturated heterocycles. The molecule has 6 nitrogen and oxygen atoms in total. The first-order valence-corrected chi connectivity index (χ1v) is 7.12. The summed E-state index contributed by atoms with van der Waals surface area (Å²) in [5, 5.41) is 7.08. The molecule has 1 aromatic rings. The van der Waals surface area contributed by atoms with Crippen LogP contribution in [0.15, 0.2) is 12.4 Å². The van der Waals surface area contributed by atoms with Crippen LogP contribution in [0.1, 0.15) is 38.2 Å². The lowest BCUT2D eigenvalue weighted by atomic mass is 9.91. The minimum atomic E-state index is -0.647. The summed E-state index contributed by atoms with van der Waals surface area (Å²) in [6.07, 6.45) is 7.14. The summed E-state index contributed by atoms with van der Waals surface area (Å²) in [6.45, 7) is 2.23. The second-order valence-electron chi connectivity index (χ2n) is 5.91. The molecule has 1 atom stereocenters. The molecule has 1 spiro atoms. The minimum absolute atomic E-state index is 0.0459. The summed E-state index contributed by atoms with van der Waals surface area (Å²) in [5.41, 5.74) is 0.307. The van der Waals surface area contributed by atoms with Gasteiger partial charge >= 0.3 is 0 Å². The Morgan fingerprint density at radius 2 is 2.10 bits per heavy atom. The molecule has 1 aliphatic carbocycles. The summed E-state index contributed by atoms with van der Waals surface area (Å²) < 4.78 is 1.71. The molecular formula is C14H20N4O2. The fraction of sp³-hybridized carbons (Fsp3) is 0.643. The average molecular weight is 276 g/mol. The molecule has 2 heterocycles. The zero-order chi connectivity index (χ0) is 14.3. The maximum absolute atomic E-state index is 12.8. The molecule has 20 heavy (non-hydrogen) atoms. The third-order valence-corrected chi connectivity index (χ3v) is 4.45. The molecular weight excluding hydrogens is 256 g/mol. The van der Waals surface area contributed by atoms with Crippen molar-refractivity contribution in [2.24, 2.45) is 7.05 Å². The maximum Gasteiger partial charge on any atom is 0.249 e. The Kier molecular flexibility index (Phi) is 3.03. The van der Waals surface area contributed by atoms with E-state index in [9.17, 15) is 9.59 Å². The van der Waals surface area contributed by atoms with Gasteiger partial charge in [0.05, 0.1) is 6.20 Å². The zero-order valence-electron chi connectivity index (χ0n) is 11.9. The van der Waals surface area contributed by atoms with Crippen LogP contribution < -0.4 is 5.32 Å². The summed E-state index contributed by atoms with van der Waals surface area (Å²) >= 11 is 0. The van der Waals surface area contributed by atoms with E-state index in [2.05, 4.69) is 10.4 Å². The smallest absolute Gasteiger partial charge is 0.249 e. The van der Waals surface area contributed by atoms with Crippen molar-refractivity contribution in [1.29, 1.82) is 0 Å². The van der Waals surface area contributed by atoms with Gasteiger partial charge in [-0.25, -0.2) is 0 Å². The summed E-state index contributed by atoms with van der Waals surface area (Å²) in [7, 11) is 1.84. The Labute approximate surface area is 118 Å². The van der Waals surface area contributed by atoms with Crippen molar-refractivity contribution >= 4 is 11.8 Å². The van der Waals surface area contributed by atoms with Crippen LogP contribution in [0, 0.1) is 0 Å². The summed E-state index contributed by atoms with van der Waals surface area (Å²) in [6, 6.07) is -0.422. The molecule has 0 aromatic carbocycles. The van der Waals surface area contributed by atoms with E-state index in [-0.39, 0.29) is 11.8 Å². The molecule has 1 aromatic heterocycles. The Bertz CT molecular complexity index is 545. The van der Waals surface area contributed by atoms with E-state index >= 15 is 0 Å². The van der Waals surface area contributed by atoms with Gasteiger partial charge in [-0.1, -0.05) is 12.8 Å². The predicted molar refractivity (Wildman–Crippen MR) is 72.6 cm³/mol. The number of hydrogen-bond acceptors (Lipinski definition) is 3. The largest absolute Gasteiger partial charge is 0.340 e. The SMILES string of the molecule is CC1C(=O)NC2(CCCC2)C(=O)N1Cc1cnn(C)c1. The first-order valence-electron chi connectivity index (χ1n) is 7.12. The number of aromatic nitrogens is 2. The molecule has 2 amide bonds. The van der Waals surface area contributed by atoms with E-state index in [1.54, 1.807) is 22.7 Å². The first kappa shape index (κ1) is 13.1. The van der Waals surface area contributed by atoms with Crippen molar-refractivity contribution in [3.8, 4) is 0 Å². The van der Waals surface area contributed by atoms with E-state index in [4.69, 9.17) is 0 Å². The monoisotopic (exact) mass is 276 g/mol. The highest BCUT2D eigenvalue weighted by atomic mass is 16.2. The molecule has 2 fully saturated rings. The Morgan fingerprint density at radius 1 is 1.40 bits per heavy atom. The molecule has 3 rings (SSSR count). The molecule has 1 N–H and O–H groups in total. The molecule has 1 saturated carbocycles. The van der Waals surface area contributed by atoms with Gasteiger partial charge in [0, 0.05) is 25.4 Å². The van der Waals surface area contributed by atoms with Crippen LogP contribution >= 0.6 is 0 Å². The van der Waals surface area contributed by atoms with Gasteiger partial charge in [-0.05, 0) is 19.8 Å². The van der Waals surface area contributed by atoms with Crippen molar-refractivity contribution in [1.82, 2.24) is 20.0 Å². The second kappa shape index (κ2) is 4.61. The fourth-order valence-electron chi connectivity index (χ4n) is 3.26. The third kappa shape index (κ3) is 1.99. The van der Waals surface area contributed by atoms with Gasteiger partial charge in [0.2, 0.25) is 11.8 Å². The van der Waals surface area contributed by atoms with Gasteiger partial charge in [0.15, 0.2) is 0 Å². The molecule has 1 unspecified atom stereocenters. The maximum atomic E-state index is 12.8. The molecule has 1 aliphatic heterocycles. The number of rotatable bonds is 2. The zero-order valence-corrected chi connectivity index (χ0v) is 11.9. The molecule has 108 valence electrons. The van der Waals surface area contributed by atoms with Crippen LogP contribution in [0.5, 0.6) is 0 Å². The van der Waals surface area contributed by atoms with Crippen LogP contribution in [-0.2, 0) is 23.2 Å². The van der Waals surface area contributed by atoms with E-state index < -0.39 is 11.6 Å². The third-order valence-electron chi connectivity index (χ3n) is 4.45. The van der Waals surface area contributed by atoms with E-state index in [1.807, 2.05) is 13.2 Å². The van der Waals surface area contributed by atoms with Gasteiger partial charge in [0.1, 0.15) is 11.6 Å². The topological polar surface area (TPSA) is 67.2 Å². The lowest BCUT2D eigenvalue weighted by Gasteiger charge is -2.43. The summed E-state index contributed by atoms with van der Waals surface area (Å²) in [4.78, 5) is 26.7. The normalized spacial score (nSPS) is 25.3. The van der Waals surface area contributed by atoms with Crippen LogP contribution in [0.25, 0.3) is 0 Å². The van der Waals surface area contributed by atoms with Gasteiger partial charge in [-0.3, -0.25) is 14.3 Å². The number of hydrogen-bond donors (Lipinski definition) is 1. The van der Waals surface area contributed by atoms with Crippen molar-refractivity contribution in [3.63, 3.8) is 0 Å². The van der Waals surface area contributed by atoms with Crippen LogP contribution in [0.3, 0.4) is 0 Å². The van der Waals surface area contributed by atoms with E-state index in [0.717, 1.165) is 31.2 Å². The van der Waals surface area contributed by atoms with Crippen molar-refractivity contribution in [3.05, 3.63) is 18.0 Å². The van der Waals surface area contributed by atoms with Gasteiger partial charge < -0.3 is 10.2 Å². The molecule has 6 heteroatoms. The minimum Gasteiger partial charge on any atom is -0.340 e. The standard InChI is InChI=1S/C14H20N4O2/c1-10-12(19)16-14(5-3-4-6-14)13(20)18(10)9-11-7-15-17(2)8-11/h7-8,10H,3-6,9H2,1-2H3,(H,16,19).